The molecule has 0 unspecified atom stereocenters. The van der Waals surface area contributed by atoms with Crippen LogP contribution in [0, 0.1) is 5.82 Å². The number of para-hydroxylation sites is 1. The van der Waals surface area contributed by atoms with Crippen LogP contribution in [0.3, 0.4) is 0 Å². The number of ether oxygens (including phenoxy) is 1. The normalized spacial score (nSPS) is 10.3. The van der Waals surface area contributed by atoms with Crippen molar-refractivity contribution in [3.05, 3.63) is 100 Å². The van der Waals surface area contributed by atoms with Gasteiger partial charge in [-0.2, -0.15) is 0 Å². The zero-order chi connectivity index (χ0) is 20.6. The van der Waals surface area contributed by atoms with Crippen molar-refractivity contribution in [3.8, 4) is 5.75 Å². The summed E-state index contributed by atoms with van der Waals surface area (Å²) in [5, 5.41) is 0.153. The Balaban J connectivity index is 1.49. The van der Waals surface area contributed by atoms with E-state index in [-0.39, 0.29) is 17.0 Å². The Labute approximate surface area is 172 Å². The lowest BCUT2D eigenvalue weighted by molar-refractivity contribution is -0.121. The number of rotatable bonds is 6. The molecule has 0 bridgehead atoms. The molecule has 0 saturated heterocycles. The van der Waals surface area contributed by atoms with Gasteiger partial charge < -0.3 is 4.74 Å². The van der Waals surface area contributed by atoms with Gasteiger partial charge in [0.15, 0.2) is 0 Å². The number of hydrogen-bond acceptors (Lipinski definition) is 3. The topological polar surface area (TPSA) is 67.4 Å². The summed E-state index contributed by atoms with van der Waals surface area (Å²) >= 11 is 5.89. The fourth-order valence-electron chi connectivity index (χ4n) is 2.54. The van der Waals surface area contributed by atoms with Gasteiger partial charge in [0.25, 0.3) is 5.91 Å². The average Bonchev–Trinajstić information content (AvgIpc) is 2.74. The maximum atomic E-state index is 13.7. The van der Waals surface area contributed by atoms with Crippen LogP contribution in [0.25, 0.3) is 0 Å². The first-order chi connectivity index (χ1) is 14.0. The number of carbonyl (C=O) groups is 2. The second-order valence-corrected chi connectivity index (χ2v) is 6.59. The van der Waals surface area contributed by atoms with Gasteiger partial charge in [-0.3, -0.25) is 20.4 Å². The summed E-state index contributed by atoms with van der Waals surface area (Å²) in [6.07, 6.45) is -0.290. The molecule has 3 aromatic carbocycles. The van der Waals surface area contributed by atoms with Crippen molar-refractivity contribution in [3.63, 3.8) is 0 Å². The van der Waals surface area contributed by atoms with Gasteiger partial charge in [-0.05, 0) is 42.0 Å². The summed E-state index contributed by atoms with van der Waals surface area (Å²) in [5.41, 5.74) is 5.88. The Bertz CT molecular complexity index is 974. The smallest absolute Gasteiger partial charge is 0.269 e. The van der Waals surface area contributed by atoms with Gasteiger partial charge in [-0.25, -0.2) is 4.39 Å². The van der Waals surface area contributed by atoms with Crippen LogP contribution in [0.1, 0.15) is 21.5 Å². The molecule has 3 rings (SSSR count). The quantitative estimate of drug-likeness (QED) is 0.600. The molecule has 29 heavy (non-hydrogen) atoms. The summed E-state index contributed by atoms with van der Waals surface area (Å²) in [6.45, 7) is 0.367. The highest BCUT2D eigenvalue weighted by Crippen LogP contribution is 2.19. The van der Waals surface area contributed by atoms with E-state index in [1.165, 1.54) is 18.2 Å². The predicted molar refractivity (Wildman–Crippen MR) is 108 cm³/mol. The maximum absolute atomic E-state index is 13.7. The Morgan fingerprint density at radius 3 is 2.31 bits per heavy atom. The van der Waals surface area contributed by atoms with Crippen molar-refractivity contribution in [2.24, 2.45) is 0 Å². The van der Waals surface area contributed by atoms with Crippen LogP contribution >= 0.6 is 11.6 Å². The number of hydrazine groups is 1. The fourth-order valence-corrected chi connectivity index (χ4v) is 2.77. The second-order valence-electron chi connectivity index (χ2n) is 6.18. The van der Waals surface area contributed by atoms with Gasteiger partial charge in [0.05, 0.1) is 6.42 Å². The van der Waals surface area contributed by atoms with Crippen molar-refractivity contribution in [2.75, 3.05) is 0 Å². The molecule has 0 heterocycles. The standard InChI is InChI=1S/C22H18ClFN2O3/c23-19-7-4-8-20(24)18(19)13-21(27)25-26-22(28)16-11-9-15(10-12-16)14-29-17-5-2-1-3-6-17/h1-12H,13-14H2,(H,25,27)(H,26,28). The molecule has 2 amide bonds. The third kappa shape index (κ3) is 5.80. The summed E-state index contributed by atoms with van der Waals surface area (Å²) < 4.78 is 19.4. The molecule has 0 saturated carbocycles. The van der Waals surface area contributed by atoms with Gasteiger partial charge in [0, 0.05) is 16.1 Å². The molecular weight excluding hydrogens is 395 g/mol. The lowest BCUT2D eigenvalue weighted by Gasteiger charge is -2.10. The lowest BCUT2D eigenvalue weighted by Crippen LogP contribution is -2.42. The molecule has 0 aliphatic heterocycles. The van der Waals surface area contributed by atoms with Gasteiger partial charge >= 0.3 is 0 Å². The van der Waals surface area contributed by atoms with E-state index >= 15 is 0 Å². The minimum atomic E-state index is -0.585. The highest BCUT2D eigenvalue weighted by Gasteiger charge is 2.13. The number of hydrogen-bond donors (Lipinski definition) is 2. The molecule has 0 fully saturated rings. The Morgan fingerprint density at radius 2 is 1.62 bits per heavy atom. The highest BCUT2D eigenvalue weighted by molar-refractivity contribution is 6.31. The van der Waals surface area contributed by atoms with E-state index in [4.69, 9.17) is 16.3 Å². The number of amides is 2. The number of halogens is 2. The Morgan fingerprint density at radius 1 is 0.897 bits per heavy atom. The third-order valence-electron chi connectivity index (χ3n) is 4.08. The summed E-state index contributed by atoms with van der Waals surface area (Å²) in [5.74, 6) is -0.897. The van der Waals surface area contributed by atoms with Crippen molar-refractivity contribution >= 4 is 23.4 Å². The summed E-state index contributed by atoms with van der Waals surface area (Å²) in [4.78, 5) is 24.1. The molecule has 0 aromatic heterocycles. The first kappa shape index (κ1) is 20.4. The number of benzene rings is 3. The first-order valence-corrected chi connectivity index (χ1v) is 9.19. The minimum absolute atomic E-state index is 0.0729. The van der Waals surface area contributed by atoms with E-state index in [0.29, 0.717) is 12.2 Å². The molecule has 5 nitrogen and oxygen atoms in total. The Hall–Kier alpha value is -3.38. The molecule has 0 spiro atoms. The minimum Gasteiger partial charge on any atom is -0.489 e. The van der Waals surface area contributed by atoms with Crippen molar-refractivity contribution in [2.45, 2.75) is 13.0 Å². The summed E-state index contributed by atoms with van der Waals surface area (Å²) in [6, 6.07) is 20.3. The Kier molecular flexibility index (Phi) is 6.81. The molecular formula is C22H18ClFN2O3. The van der Waals surface area contributed by atoms with E-state index in [9.17, 15) is 14.0 Å². The van der Waals surface area contributed by atoms with Gasteiger partial charge in [-0.15, -0.1) is 0 Å². The molecule has 148 valence electrons. The van der Waals surface area contributed by atoms with Crippen LogP contribution in [0.2, 0.25) is 5.02 Å². The van der Waals surface area contributed by atoms with E-state index in [0.717, 1.165) is 11.3 Å². The van der Waals surface area contributed by atoms with Crippen LogP contribution in [-0.2, 0) is 17.8 Å². The second kappa shape index (κ2) is 9.71. The van der Waals surface area contributed by atoms with Crippen LogP contribution in [0.15, 0.2) is 72.8 Å². The summed E-state index contributed by atoms with van der Waals surface area (Å²) in [7, 11) is 0. The van der Waals surface area contributed by atoms with Gasteiger partial charge in [0.2, 0.25) is 5.91 Å². The third-order valence-corrected chi connectivity index (χ3v) is 4.43. The average molecular weight is 413 g/mol. The maximum Gasteiger partial charge on any atom is 0.269 e. The molecule has 0 atom stereocenters. The van der Waals surface area contributed by atoms with Crippen LogP contribution in [0.5, 0.6) is 5.75 Å². The van der Waals surface area contributed by atoms with Crippen molar-refractivity contribution < 1.29 is 18.7 Å². The SMILES string of the molecule is O=C(Cc1c(F)cccc1Cl)NNC(=O)c1ccc(COc2ccccc2)cc1. The number of nitrogens with one attached hydrogen (secondary N) is 2. The number of carbonyl (C=O) groups excluding carboxylic acids is 2. The molecule has 0 aliphatic rings. The highest BCUT2D eigenvalue weighted by atomic mass is 35.5. The van der Waals surface area contributed by atoms with E-state index in [1.54, 1.807) is 24.3 Å². The molecule has 0 aliphatic carbocycles. The van der Waals surface area contributed by atoms with Gasteiger partial charge in [0.1, 0.15) is 18.2 Å². The molecule has 7 heteroatoms. The monoisotopic (exact) mass is 412 g/mol. The predicted octanol–water partition coefficient (Wildman–Crippen LogP) is 4.06. The molecule has 2 N–H and O–H groups in total. The molecule has 0 radical (unpaired) electrons. The van der Waals surface area contributed by atoms with Crippen molar-refractivity contribution in [1.82, 2.24) is 10.9 Å². The lowest BCUT2D eigenvalue weighted by atomic mass is 10.1. The van der Waals surface area contributed by atoms with Crippen LogP contribution in [-0.4, -0.2) is 11.8 Å². The van der Waals surface area contributed by atoms with E-state index in [2.05, 4.69) is 10.9 Å². The fraction of sp³-hybridized carbons (Fsp3) is 0.0909. The van der Waals surface area contributed by atoms with Crippen LogP contribution in [0.4, 0.5) is 4.39 Å². The largest absolute Gasteiger partial charge is 0.489 e. The van der Waals surface area contributed by atoms with E-state index in [1.807, 2.05) is 30.3 Å². The van der Waals surface area contributed by atoms with E-state index < -0.39 is 17.6 Å². The first-order valence-electron chi connectivity index (χ1n) is 8.82. The van der Waals surface area contributed by atoms with Crippen LogP contribution < -0.4 is 15.6 Å². The zero-order valence-corrected chi connectivity index (χ0v) is 16.1. The van der Waals surface area contributed by atoms with Gasteiger partial charge in [-0.1, -0.05) is 48.0 Å². The molecule has 3 aromatic rings. The zero-order valence-electron chi connectivity index (χ0n) is 15.3. The van der Waals surface area contributed by atoms with Crippen molar-refractivity contribution in [1.29, 1.82) is 0 Å².